The van der Waals surface area contributed by atoms with Crippen LogP contribution in [0.2, 0.25) is 0 Å². The Hall–Kier alpha value is -1.42. The highest BCUT2D eigenvalue weighted by Crippen LogP contribution is 2.70. The number of hydrogen-bond acceptors (Lipinski definition) is 2. The molecule has 2 bridgehead atoms. The molecule has 1 N–H and O–H groups in total. The van der Waals surface area contributed by atoms with Gasteiger partial charge in [-0.05, 0) is 48.0 Å². The number of carbonyl (C=O) groups excluding carboxylic acids is 1. The van der Waals surface area contributed by atoms with Gasteiger partial charge in [-0.25, -0.2) is 4.39 Å². The second-order valence-corrected chi connectivity index (χ2v) is 9.46. The van der Waals surface area contributed by atoms with Crippen LogP contribution in [0, 0.1) is 34.4 Å². The number of benzene rings is 1. The number of halogens is 1. The topological polar surface area (TPSA) is 38.3 Å². The van der Waals surface area contributed by atoms with Crippen LogP contribution in [0.4, 0.5) is 4.39 Å². The third-order valence-electron chi connectivity index (χ3n) is 7.53. The third-order valence-corrected chi connectivity index (χ3v) is 7.53. The Kier molecular flexibility index (Phi) is 4.18. The molecule has 4 rings (SSSR count). The fraction of sp³-hybridized carbons (Fsp3) is 0.682. The molecule has 142 valence electrons. The predicted molar refractivity (Wildman–Crippen MR) is 98.9 cm³/mol. The average molecular weight is 359 g/mol. The van der Waals surface area contributed by atoms with Gasteiger partial charge in [-0.15, -0.1) is 0 Å². The van der Waals surface area contributed by atoms with Gasteiger partial charge in [0.1, 0.15) is 5.82 Å². The second kappa shape index (κ2) is 6.05. The molecular formula is C22H30FNO2. The average Bonchev–Trinajstić information content (AvgIpc) is 3.08. The molecule has 26 heavy (non-hydrogen) atoms. The van der Waals surface area contributed by atoms with E-state index in [-0.39, 0.29) is 46.5 Å². The first kappa shape index (κ1) is 18.0. The zero-order valence-electron chi connectivity index (χ0n) is 16.2. The first-order valence-electron chi connectivity index (χ1n) is 9.94. The van der Waals surface area contributed by atoms with Gasteiger partial charge in [0.2, 0.25) is 5.91 Å². The lowest BCUT2D eigenvalue weighted by Crippen LogP contribution is -2.59. The van der Waals surface area contributed by atoms with Crippen molar-refractivity contribution in [2.45, 2.75) is 59.1 Å². The zero-order valence-corrected chi connectivity index (χ0v) is 16.2. The van der Waals surface area contributed by atoms with Gasteiger partial charge in [0.25, 0.3) is 0 Å². The van der Waals surface area contributed by atoms with Gasteiger partial charge in [0, 0.05) is 24.1 Å². The standard InChI is InChI=1S/C22H30FNO2/c1-13(2)19(25)24-20-21(3,4)14-11-16-18(15-7-5-6-8-17(15)23)26-10-9-22(16,20)12-14/h5-8,13-14,16,18,20H,9-12H2,1-4H3,(H,24,25)/t14-,16-,18-,20-,22?/m1/s1. The van der Waals surface area contributed by atoms with Crippen LogP contribution in [0.15, 0.2) is 24.3 Å². The fourth-order valence-corrected chi connectivity index (χ4v) is 6.11. The van der Waals surface area contributed by atoms with Crippen molar-refractivity contribution >= 4 is 5.91 Å². The number of ether oxygens (including phenoxy) is 1. The van der Waals surface area contributed by atoms with E-state index in [0.29, 0.717) is 18.1 Å². The van der Waals surface area contributed by atoms with Crippen molar-refractivity contribution in [3.8, 4) is 0 Å². The number of nitrogens with one attached hydrogen (secondary N) is 1. The minimum Gasteiger partial charge on any atom is -0.373 e. The number of rotatable bonds is 3. The molecule has 1 aromatic carbocycles. The van der Waals surface area contributed by atoms with E-state index in [9.17, 15) is 9.18 Å². The molecule has 5 atom stereocenters. The van der Waals surface area contributed by atoms with Gasteiger partial charge in [0.05, 0.1) is 6.10 Å². The Bertz CT molecular complexity index is 716. The van der Waals surface area contributed by atoms with Gasteiger partial charge in [-0.2, -0.15) is 0 Å². The highest BCUT2D eigenvalue weighted by Gasteiger charge is 2.68. The smallest absolute Gasteiger partial charge is 0.222 e. The SMILES string of the molecule is CC(C)C(=O)N[C@@H]1C(C)(C)[C@@H]2C[C@@H]3[C@@H](c4ccccc4F)OCCC31C2. The summed E-state index contributed by atoms with van der Waals surface area (Å²) in [5.74, 6) is 0.726. The minimum absolute atomic E-state index is 0.0178. The first-order chi connectivity index (χ1) is 12.3. The lowest BCUT2D eigenvalue weighted by Gasteiger charge is -2.53. The molecule has 0 aromatic heterocycles. The summed E-state index contributed by atoms with van der Waals surface area (Å²) >= 11 is 0. The third kappa shape index (κ3) is 2.45. The largest absolute Gasteiger partial charge is 0.373 e. The lowest BCUT2D eigenvalue weighted by atomic mass is 9.58. The van der Waals surface area contributed by atoms with Crippen molar-refractivity contribution in [2.75, 3.05) is 6.61 Å². The summed E-state index contributed by atoms with van der Waals surface area (Å²) in [6.45, 7) is 9.10. The van der Waals surface area contributed by atoms with E-state index < -0.39 is 0 Å². The summed E-state index contributed by atoms with van der Waals surface area (Å²) in [4.78, 5) is 12.5. The van der Waals surface area contributed by atoms with Crippen molar-refractivity contribution in [1.29, 1.82) is 0 Å². The van der Waals surface area contributed by atoms with Crippen LogP contribution >= 0.6 is 0 Å². The van der Waals surface area contributed by atoms with Gasteiger partial charge in [-0.1, -0.05) is 45.9 Å². The van der Waals surface area contributed by atoms with Crippen LogP contribution in [-0.4, -0.2) is 18.6 Å². The summed E-state index contributed by atoms with van der Waals surface area (Å²) in [5.41, 5.74) is 0.762. The lowest BCUT2D eigenvalue weighted by molar-refractivity contribution is -0.139. The Morgan fingerprint density at radius 2 is 2.04 bits per heavy atom. The Balaban J connectivity index is 1.71. The van der Waals surface area contributed by atoms with Crippen LogP contribution < -0.4 is 5.32 Å². The summed E-state index contributed by atoms with van der Waals surface area (Å²) in [6.07, 6.45) is 2.91. The van der Waals surface area contributed by atoms with Crippen LogP contribution in [0.3, 0.4) is 0 Å². The molecule has 0 radical (unpaired) electrons. The second-order valence-electron chi connectivity index (χ2n) is 9.46. The molecule has 1 aromatic rings. The summed E-state index contributed by atoms with van der Waals surface area (Å²) in [5, 5.41) is 3.39. The number of hydrogen-bond donors (Lipinski definition) is 1. The molecule has 1 unspecified atom stereocenters. The van der Waals surface area contributed by atoms with E-state index in [1.54, 1.807) is 6.07 Å². The molecule has 3 aliphatic rings. The Morgan fingerprint density at radius 1 is 1.31 bits per heavy atom. The summed E-state index contributed by atoms with van der Waals surface area (Å²) < 4.78 is 20.6. The molecule has 2 saturated carbocycles. The molecule has 1 heterocycles. The van der Waals surface area contributed by atoms with Gasteiger partial charge >= 0.3 is 0 Å². The molecule has 3 nitrogen and oxygen atoms in total. The summed E-state index contributed by atoms with van der Waals surface area (Å²) in [7, 11) is 0. The molecule has 1 saturated heterocycles. The van der Waals surface area contributed by atoms with E-state index in [1.807, 2.05) is 26.0 Å². The molecule has 1 amide bonds. The normalized spacial score (nSPS) is 37.6. The maximum Gasteiger partial charge on any atom is 0.222 e. The van der Waals surface area contributed by atoms with Crippen LogP contribution in [0.1, 0.15) is 58.6 Å². The van der Waals surface area contributed by atoms with Crippen molar-refractivity contribution in [1.82, 2.24) is 5.32 Å². The molecule has 1 aliphatic heterocycles. The highest BCUT2D eigenvalue weighted by atomic mass is 19.1. The van der Waals surface area contributed by atoms with Gasteiger partial charge < -0.3 is 10.1 Å². The first-order valence-corrected chi connectivity index (χ1v) is 9.94. The molecule has 3 fully saturated rings. The predicted octanol–water partition coefficient (Wildman–Crippen LogP) is 4.48. The highest BCUT2D eigenvalue weighted by molar-refractivity contribution is 5.78. The zero-order chi connectivity index (χ0) is 18.7. The number of carbonyl (C=O) groups is 1. The number of fused-ring (bicyclic) bond motifs is 1. The van der Waals surface area contributed by atoms with Gasteiger partial charge in [0.15, 0.2) is 0 Å². The molecule has 2 aliphatic carbocycles. The van der Waals surface area contributed by atoms with Crippen molar-refractivity contribution < 1.29 is 13.9 Å². The maximum atomic E-state index is 14.5. The van der Waals surface area contributed by atoms with E-state index in [4.69, 9.17) is 4.74 Å². The maximum absolute atomic E-state index is 14.5. The van der Waals surface area contributed by atoms with Crippen LogP contribution in [0.5, 0.6) is 0 Å². The van der Waals surface area contributed by atoms with Gasteiger partial charge in [-0.3, -0.25) is 4.79 Å². The van der Waals surface area contributed by atoms with Crippen molar-refractivity contribution in [2.24, 2.45) is 28.6 Å². The monoisotopic (exact) mass is 359 g/mol. The Labute approximate surface area is 155 Å². The molecule has 1 spiro atoms. The fourth-order valence-electron chi connectivity index (χ4n) is 6.11. The molecule has 4 heteroatoms. The van der Waals surface area contributed by atoms with Crippen LogP contribution in [0.25, 0.3) is 0 Å². The van der Waals surface area contributed by atoms with E-state index >= 15 is 0 Å². The quantitative estimate of drug-likeness (QED) is 0.864. The van der Waals surface area contributed by atoms with E-state index in [2.05, 4.69) is 19.2 Å². The van der Waals surface area contributed by atoms with Crippen molar-refractivity contribution in [3.63, 3.8) is 0 Å². The summed E-state index contributed by atoms with van der Waals surface area (Å²) in [6, 6.07) is 7.13. The van der Waals surface area contributed by atoms with E-state index in [1.165, 1.54) is 6.07 Å². The Morgan fingerprint density at radius 3 is 2.73 bits per heavy atom. The minimum atomic E-state index is -0.204. The van der Waals surface area contributed by atoms with Crippen LogP contribution in [-0.2, 0) is 9.53 Å². The number of amides is 1. The van der Waals surface area contributed by atoms with Crippen molar-refractivity contribution in [3.05, 3.63) is 35.6 Å². The van der Waals surface area contributed by atoms with E-state index in [0.717, 1.165) is 19.3 Å². The molecular weight excluding hydrogens is 329 g/mol.